The Hall–Kier alpha value is -0.860. The molecule has 0 aromatic heterocycles. The zero-order valence-corrected chi connectivity index (χ0v) is 15.7. The van der Waals surface area contributed by atoms with Crippen LogP contribution in [0.1, 0.15) is 24.8 Å². The van der Waals surface area contributed by atoms with E-state index in [1.807, 2.05) is 0 Å². The molecule has 3 atom stereocenters. The predicted octanol–water partition coefficient (Wildman–Crippen LogP) is 2.79. The number of aromatic hydroxyl groups is 1. The maximum absolute atomic E-state index is 12.3. The van der Waals surface area contributed by atoms with E-state index in [4.69, 9.17) is 5.21 Å². The molecule has 126 valence electrons. The Morgan fingerprint density at radius 1 is 1.35 bits per heavy atom. The van der Waals surface area contributed by atoms with Crippen molar-refractivity contribution in [2.75, 3.05) is 0 Å². The van der Waals surface area contributed by atoms with Gasteiger partial charge in [0.25, 0.3) is 5.91 Å². The second-order valence-corrected chi connectivity index (χ2v) is 7.81. The third-order valence-electron chi connectivity index (χ3n) is 3.88. The molecule has 0 heterocycles. The van der Waals surface area contributed by atoms with Crippen molar-refractivity contribution in [1.82, 2.24) is 5.32 Å². The van der Waals surface area contributed by atoms with Crippen molar-refractivity contribution in [2.45, 2.75) is 42.2 Å². The molecule has 1 fully saturated rings. The molecule has 0 spiro atoms. The molecule has 0 aliphatic heterocycles. The van der Waals surface area contributed by atoms with Crippen LogP contribution in [-0.2, 0) is 11.2 Å². The highest BCUT2D eigenvalue weighted by atomic mass is 79.9. The fourth-order valence-corrected chi connectivity index (χ4v) is 3.65. The molecule has 5 nitrogen and oxygen atoms in total. The number of carbonyl (C=O) groups is 1. The Kier molecular flexibility index (Phi) is 6.67. The van der Waals surface area contributed by atoms with E-state index >= 15 is 0 Å². The van der Waals surface area contributed by atoms with Crippen LogP contribution >= 0.6 is 41.2 Å². The highest BCUT2D eigenvalue weighted by Gasteiger charge is 2.28. The number of halogens is 1. The van der Waals surface area contributed by atoms with Crippen LogP contribution in [0, 0.1) is 0 Å². The lowest BCUT2D eigenvalue weighted by Crippen LogP contribution is -2.44. The summed E-state index contributed by atoms with van der Waals surface area (Å²) < 4.78 is 0.526. The molecule has 1 saturated carbocycles. The Morgan fingerprint density at radius 2 is 2.09 bits per heavy atom. The molecule has 3 unspecified atom stereocenters. The van der Waals surface area contributed by atoms with Crippen molar-refractivity contribution in [1.29, 1.82) is 0 Å². The summed E-state index contributed by atoms with van der Waals surface area (Å²) in [4.78, 5) is 12.3. The molecule has 1 aromatic rings. The lowest BCUT2D eigenvalue weighted by molar-refractivity contribution is -0.115. The van der Waals surface area contributed by atoms with Gasteiger partial charge in [-0.3, -0.25) is 4.79 Å². The maximum Gasteiger partial charge on any atom is 0.269 e. The molecule has 1 aliphatic carbocycles. The summed E-state index contributed by atoms with van der Waals surface area (Å²) in [5, 5.41) is 25.0. The van der Waals surface area contributed by atoms with Crippen molar-refractivity contribution in [3.63, 3.8) is 0 Å². The summed E-state index contributed by atoms with van der Waals surface area (Å²) in [6.45, 7) is 0. The minimum absolute atomic E-state index is 0.0108. The third kappa shape index (κ3) is 5.06. The Bertz CT molecular complexity index is 612. The van der Waals surface area contributed by atoms with Crippen LogP contribution in [0.4, 0.5) is 0 Å². The highest BCUT2D eigenvalue weighted by molar-refractivity contribution is 9.10. The van der Waals surface area contributed by atoms with Gasteiger partial charge < -0.3 is 15.6 Å². The zero-order valence-electron chi connectivity index (χ0n) is 12.3. The van der Waals surface area contributed by atoms with Crippen LogP contribution in [0.2, 0.25) is 0 Å². The number of carbonyl (C=O) groups excluding carboxylic acids is 1. The maximum atomic E-state index is 12.3. The van der Waals surface area contributed by atoms with Crippen molar-refractivity contribution in [3.05, 3.63) is 28.2 Å². The van der Waals surface area contributed by atoms with E-state index < -0.39 is 0 Å². The van der Waals surface area contributed by atoms with Gasteiger partial charge in [0.1, 0.15) is 11.5 Å². The van der Waals surface area contributed by atoms with E-state index in [1.54, 1.807) is 12.1 Å². The first kappa shape index (κ1) is 18.5. The van der Waals surface area contributed by atoms with Gasteiger partial charge in [0.05, 0.1) is 4.47 Å². The lowest BCUT2D eigenvalue weighted by atomic mass is 9.94. The first-order chi connectivity index (χ1) is 10.9. The first-order valence-electron chi connectivity index (χ1n) is 7.26. The molecule has 1 aromatic carbocycles. The highest BCUT2D eigenvalue weighted by Crippen LogP contribution is 2.27. The fraction of sp³-hybridized carbons (Fsp3) is 0.467. The Labute approximate surface area is 154 Å². The normalized spacial score (nSPS) is 25.2. The number of rotatable bonds is 4. The SMILES string of the molecule is O=C(NC1CCC(S)C(S)C1)/C(Cc1ccc(O)c(Br)c1)=N/O. The molecular formula is C15H19BrN2O3S2. The fourth-order valence-electron chi connectivity index (χ4n) is 2.55. The minimum atomic E-state index is -0.389. The number of nitrogens with zero attached hydrogens (tertiary/aromatic N) is 1. The number of amides is 1. The molecule has 8 heteroatoms. The average molecular weight is 419 g/mol. The van der Waals surface area contributed by atoms with Crippen molar-refractivity contribution < 1.29 is 15.1 Å². The Morgan fingerprint density at radius 3 is 2.70 bits per heavy atom. The first-order valence-corrected chi connectivity index (χ1v) is 9.08. The van der Waals surface area contributed by atoms with Crippen LogP contribution < -0.4 is 5.32 Å². The van der Waals surface area contributed by atoms with Crippen LogP contribution in [0.3, 0.4) is 0 Å². The minimum Gasteiger partial charge on any atom is -0.507 e. The standard InChI is InChI=1S/C15H19BrN2O3S2/c16-10-5-8(1-3-12(10)19)6-11(18-21)15(20)17-9-2-4-13(22)14(23)7-9/h1,3,5,9,13-14,19,21-23H,2,4,6-7H2,(H,17,20)/b18-11+. The topological polar surface area (TPSA) is 81.9 Å². The molecule has 3 N–H and O–H groups in total. The molecule has 0 radical (unpaired) electrons. The molecular weight excluding hydrogens is 400 g/mol. The largest absolute Gasteiger partial charge is 0.507 e. The van der Waals surface area contributed by atoms with Crippen molar-refractivity contribution in [3.8, 4) is 5.75 Å². The quantitative estimate of drug-likeness (QED) is 0.225. The molecule has 0 saturated heterocycles. The number of phenols is 1. The van der Waals surface area contributed by atoms with E-state index in [-0.39, 0.29) is 40.3 Å². The summed E-state index contributed by atoms with van der Waals surface area (Å²) in [6, 6.07) is 4.89. The molecule has 23 heavy (non-hydrogen) atoms. The van der Waals surface area contributed by atoms with Gasteiger partial charge in [-0.25, -0.2) is 0 Å². The number of nitrogens with one attached hydrogen (secondary N) is 1. The van der Waals surface area contributed by atoms with Gasteiger partial charge in [0.15, 0.2) is 0 Å². The van der Waals surface area contributed by atoms with Gasteiger partial charge in [-0.2, -0.15) is 25.3 Å². The summed E-state index contributed by atoms with van der Waals surface area (Å²) in [5.41, 5.74) is 0.787. The number of oxime groups is 1. The zero-order chi connectivity index (χ0) is 17.0. The number of phenolic OH excluding ortho intramolecular Hbond substituents is 1. The summed E-state index contributed by atoms with van der Waals surface area (Å²) in [7, 11) is 0. The number of benzene rings is 1. The van der Waals surface area contributed by atoms with Crippen LogP contribution in [0.5, 0.6) is 5.75 Å². The van der Waals surface area contributed by atoms with Gasteiger partial charge in [0, 0.05) is 23.0 Å². The van der Waals surface area contributed by atoms with Gasteiger partial charge >= 0.3 is 0 Å². The number of hydrogen-bond acceptors (Lipinski definition) is 6. The van der Waals surface area contributed by atoms with Crippen LogP contribution in [0.15, 0.2) is 27.8 Å². The smallest absolute Gasteiger partial charge is 0.269 e. The lowest BCUT2D eigenvalue weighted by Gasteiger charge is -2.31. The average Bonchev–Trinajstić information content (AvgIpc) is 2.52. The van der Waals surface area contributed by atoms with Crippen LogP contribution in [0.25, 0.3) is 0 Å². The van der Waals surface area contributed by atoms with Gasteiger partial charge in [-0.1, -0.05) is 11.2 Å². The Balaban J connectivity index is 1.97. The second-order valence-electron chi connectivity index (χ2n) is 5.63. The third-order valence-corrected chi connectivity index (χ3v) is 5.94. The summed E-state index contributed by atoms with van der Waals surface area (Å²) in [5.74, 6) is -0.274. The number of hydrogen-bond donors (Lipinski definition) is 5. The van der Waals surface area contributed by atoms with Crippen LogP contribution in [-0.4, -0.2) is 38.5 Å². The monoisotopic (exact) mass is 418 g/mol. The van der Waals surface area contributed by atoms with Crippen molar-refractivity contribution >= 4 is 52.8 Å². The molecule has 1 amide bonds. The van der Waals surface area contributed by atoms with Gasteiger partial charge in [-0.15, -0.1) is 0 Å². The molecule has 1 aliphatic rings. The molecule has 0 bridgehead atoms. The molecule has 2 rings (SSSR count). The van der Waals surface area contributed by atoms with Crippen molar-refractivity contribution in [2.24, 2.45) is 5.16 Å². The van der Waals surface area contributed by atoms with Gasteiger partial charge in [0.2, 0.25) is 0 Å². The van der Waals surface area contributed by atoms with E-state index in [2.05, 4.69) is 51.7 Å². The van der Waals surface area contributed by atoms with E-state index in [0.29, 0.717) is 4.47 Å². The number of thiol groups is 2. The second kappa shape index (κ2) is 8.30. The summed E-state index contributed by atoms with van der Waals surface area (Å²) >= 11 is 12.1. The predicted molar refractivity (Wildman–Crippen MR) is 100 cm³/mol. The van der Waals surface area contributed by atoms with Gasteiger partial charge in [-0.05, 0) is 52.9 Å². The van der Waals surface area contributed by atoms with E-state index in [9.17, 15) is 9.90 Å². The van der Waals surface area contributed by atoms with E-state index in [0.717, 1.165) is 24.8 Å². The van der Waals surface area contributed by atoms with E-state index in [1.165, 1.54) is 6.07 Å². The summed E-state index contributed by atoms with van der Waals surface area (Å²) in [6.07, 6.45) is 2.64.